The molecular weight excluding hydrogens is 134 g/mol. The van der Waals surface area contributed by atoms with Gasteiger partial charge < -0.3 is 5.73 Å². The van der Waals surface area contributed by atoms with Gasteiger partial charge in [-0.2, -0.15) is 0 Å². The number of allylic oxidation sites excluding steroid dienone is 1. The van der Waals surface area contributed by atoms with E-state index in [4.69, 9.17) is 5.73 Å². The van der Waals surface area contributed by atoms with Gasteiger partial charge in [0.25, 0.3) is 0 Å². The predicted octanol–water partition coefficient (Wildman–Crippen LogP) is 2.17. The molecule has 1 heteroatoms. The average Bonchev–Trinajstić information content (AvgIpc) is 2.05. The first-order valence-electron chi connectivity index (χ1n) is 3.41. The van der Waals surface area contributed by atoms with Crippen LogP contribution in [0.25, 0.3) is 5.57 Å². The van der Waals surface area contributed by atoms with Crippen LogP contribution in [0.4, 0.5) is 0 Å². The number of nitrogens with two attached hydrogens (primary N) is 1. The maximum Gasteiger partial charge on any atom is 0.0314 e. The molecule has 0 unspecified atom stereocenters. The third kappa shape index (κ3) is 1.71. The summed E-state index contributed by atoms with van der Waals surface area (Å²) in [5.74, 6) is 0. The molecule has 2 N–H and O–H groups in total. The lowest BCUT2D eigenvalue weighted by atomic mass is 10.1. The summed E-state index contributed by atoms with van der Waals surface area (Å²) in [6.45, 7) is 7.41. The second-order valence-electron chi connectivity index (χ2n) is 2.37. The van der Waals surface area contributed by atoms with Gasteiger partial charge in [-0.3, -0.25) is 0 Å². The highest BCUT2D eigenvalue weighted by Crippen LogP contribution is 2.14. The highest BCUT2D eigenvalue weighted by Gasteiger charge is 1.96. The molecule has 0 bridgehead atoms. The van der Waals surface area contributed by atoms with Crippen molar-refractivity contribution in [2.24, 2.45) is 5.73 Å². The number of hydrogen-bond acceptors (Lipinski definition) is 1. The van der Waals surface area contributed by atoms with E-state index in [1.165, 1.54) is 0 Å². The fourth-order valence-corrected chi connectivity index (χ4v) is 0.825. The summed E-state index contributed by atoms with van der Waals surface area (Å²) < 4.78 is 0. The van der Waals surface area contributed by atoms with Crippen molar-refractivity contribution in [1.82, 2.24) is 0 Å². The van der Waals surface area contributed by atoms with Gasteiger partial charge in [-0.1, -0.05) is 43.5 Å². The molecule has 0 saturated heterocycles. The molecule has 1 aromatic rings. The molecule has 0 radical (unpaired) electrons. The first kappa shape index (κ1) is 7.61. The van der Waals surface area contributed by atoms with E-state index in [2.05, 4.69) is 13.2 Å². The number of hydrogen-bond donors (Lipinski definition) is 1. The smallest absolute Gasteiger partial charge is 0.0314 e. The second kappa shape index (κ2) is 3.06. The van der Waals surface area contributed by atoms with Crippen LogP contribution in [-0.4, -0.2) is 0 Å². The van der Waals surface area contributed by atoms with E-state index in [0.29, 0.717) is 5.70 Å². The van der Waals surface area contributed by atoms with Crippen molar-refractivity contribution in [1.29, 1.82) is 0 Å². The van der Waals surface area contributed by atoms with Crippen molar-refractivity contribution < 1.29 is 0 Å². The van der Waals surface area contributed by atoms with E-state index in [1.54, 1.807) is 0 Å². The van der Waals surface area contributed by atoms with Gasteiger partial charge >= 0.3 is 0 Å². The molecule has 0 aliphatic rings. The van der Waals surface area contributed by atoms with E-state index in [9.17, 15) is 0 Å². The highest BCUT2D eigenvalue weighted by atomic mass is 14.6. The SMILES string of the molecule is C=C(N)C(=C)c1ccccc1. The maximum absolute atomic E-state index is 5.47. The topological polar surface area (TPSA) is 26.0 Å². The van der Waals surface area contributed by atoms with E-state index >= 15 is 0 Å². The quantitative estimate of drug-likeness (QED) is 0.634. The van der Waals surface area contributed by atoms with Crippen molar-refractivity contribution in [2.75, 3.05) is 0 Å². The zero-order valence-electron chi connectivity index (χ0n) is 6.38. The number of benzene rings is 1. The van der Waals surface area contributed by atoms with Crippen LogP contribution in [0.1, 0.15) is 5.56 Å². The molecule has 0 spiro atoms. The molecule has 1 rings (SSSR count). The summed E-state index contributed by atoms with van der Waals surface area (Å²) in [6.07, 6.45) is 0. The molecule has 0 aliphatic carbocycles. The Morgan fingerprint density at radius 2 is 1.64 bits per heavy atom. The molecule has 1 nitrogen and oxygen atoms in total. The van der Waals surface area contributed by atoms with Crippen LogP contribution in [-0.2, 0) is 0 Å². The summed E-state index contributed by atoms with van der Waals surface area (Å²) in [5, 5.41) is 0. The third-order valence-electron chi connectivity index (χ3n) is 1.51. The highest BCUT2D eigenvalue weighted by molar-refractivity contribution is 5.75. The Morgan fingerprint density at radius 1 is 1.09 bits per heavy atom. The van der Waals surface area contributed by atoms with Gasteiger partial charge in [0.2, 0.25) is 0 Å². The Morgan fingerprint density at radius 3 is 2.09 bits per heavy atom. The molecule has 0 amide bonds. The van der Waals surface area contributed by atoms with Gasteiger partial charge in [0.15, 0.2) is 0 Å². The lowest BCUT2D eigenvalue weighted by molar-refractivity contribution is 1.45. The summed E-state index contributed by atoms with van der Waals surface area (Å²) >= 11 is 0. The molecule has 0 saturated carbocycles. The Kier molecular flexibility index (Phi) is 2.12. The van der Waals surface area contributed by atoms with Gasteiger partial charge in [0.1, 0.15) is 0 Å². The second-order valence-corrected chi connectivity index (χ2v) is 2.37. The minimum atomic E-state index is 0.524. The molecule has 1 aromatic carbocycles. The summed E-state index contributed by atoms with van der Waals surface area (Å²) in [5.41, 5.74) is 7.82. The largest absolute Gasteiger partial charge is 0.399 e. The van der Waals surface area contributed by atoms with Gasteiger partial charge in [0, 0.05) is 5.70 Å². The summed E-state index contributed by atoms with van der Waals surface area (Å²) in [6, 6.07) is 9.77. The molecule has 0 atom stereocenters. The van der Waals surface area contributed by atoms with E-state index in [-0.39, 0.29) is 0 Å². The molecule has 0 fully saturated rings. The van der Waals surface area contributed by atoms with Crippen molar-refractivity contribution >= 4 is 5.57 Å². The zero-order valence-corrected chi connectivity index (χ0v) is 6.38. The Labute approximate surface area is 66.9 Å². The number of rotatable bonds is 2. The van der Waals surface area contributed by atoms with E-state index in [0.717, 1.165) is 11.1 Å². The van der Waals surface area contributed by atoms with Gasteiger partial charge in [-0.25, -0.2) is 0 Å². The predicted molar refractivity (Wildman–Crippen MR) is 48.8 cm³/mol. The van der Waals surface area contributed by atoms with E-state index < -0.39 is 0 Å². The standard InChI is InChI=1S/C10H11N/c1-8(9(2)11)10-6-4-3-5-7-10/h3-7H,1-2,11H2. The van der Waals surface area contributed by atoms with Gasteiger partial charge in [0.05, 0.1) is 0 Å². The molecule has 0 aromatic heterocycles. The van der Waals surface area contributed by atoms with Crippen molar-refractivity contribution in [3.63, 3.8) is 0 Å². The zero-order chi connectivity index (χ0) is 8.27. The van der Waals surface area contributed by atoms with Gasteiger partial charge in [-0.05, 0) is 11.1 Å². The van der Waals surface area contributed by atoms with Crippen LogP contribution >= 0.6 is 0 Å². The third-order valence-corrected chi connectivity index (χ3v) is 1.51. The van der Waals surface area contributed by atoms with Crippen molar-refractivity contribution in [3.8, 4) is 0 Å². The first-order valence-corrected chi connectivity index (χ1v) is 3.41. The molecule has 56 valence electrons. The molecule has 0 heterocycles. The Hall–Kier alpha value is -1.50. The van der Waals surface area contributed by atoms with Crippen molar-refractivity contribution in [3.05, 3.63) is 54.8 Å². The fraction of sp³-hybridized carbons (Fsp3) is 0. The lowest BCUT2D eigenvalue weighted by Gasteiger charge is -2.02. The van der Waals surface area contributed by atoms with Crippen LogP contribution in [0.5, 0.6) is 0 Å². The van der Waals surface area contributed by atoms with Crippen LogP contribution in [0, 0.1) is 0 Å². The van der Waals surface area contributed by atoms with Crippen molar-refractivity contribution in [2.45, 2.75) is 0 Å². The summed E-state index contributed by atoms with van der Waals surface area (Å²) in [7, 11) is 0. The monoisotopic (exact) mass is 145 g/mol. The van der Waals surface area contributed by atoms with Crippen LogP contribution < -0.4 is 5.73 Å². The molecule has 0 aliphatic heterocycles. The van der Waals surface area contributed by atoms with Crippen LogP contribution in [0.3, 0.4) is 0 Å². The fourth-order valence-electron chi connectivity index (χ4n) is 0.825. The minimum absolute atomic E-state index is 0.524. The lowest BCUT2D eigenvalue weighted by Crippen LogP contribution is -1.96. The first-order chi connectivity index (χ1) is 5.22. The Bertz CT molecular complexity index is 272. The Balaban J connectivity index is 2.95. The molecular formula is C10H11N. The van der Waals surface area contributed by atoms with Crippen LogP contribution in [0.2, 0.25) is 0 Å². The minimum Gasteiger partial charge on any atom is -0.399 e. The van der Waals surface area contributed by atoms with E-state index in [1.807, 2.05) is 30.3 Å². The van der Waals surface area contributed by atoms with Crippen LogP contribution in [0.15, 0.2) is 49.2 Å². The normalized spacial score (nSPS) is 9.09. The maximum atomic E-state index is 5.47. The average molecular weight is 145 g/mol. The molecule has 11 heavy (non-hydrogen) atoms. The van der Waals surface area contributed by atoms with Gasteiger partial charge in [-0.15, -0.1) is 0 Å². The summed E-state index contributed by atoms with van der Waals surface area (Å²) in [4.78, 5) is 0.